The Morgan fingerprint density at radius 3 is 0.722 bits per heavy atom. The molecule has 0 aromatic carbocycles. The first kappa shape index (κ1) is 75.6. The highest BCUT2D eigenvalue weighted by Gasteiger charge is 2.19. The molecule has 6 heteroatoms. The molecular weight excluding hydrogens is 973 g/mol. The minimum atomic E-state index is -0.789. The van der Waals surface area contributed by atoms with Crippen molar-refractivity contribution in [2.75, 3.05) is 13.2 Å². The van der Waals surface area contributed by atoms with Crippen LogP contribution in [0, 0.1) is 0 Å². The van der Waals surface area contributed by atoms with Gasteiger partial charge < -0.3 is 14.2 Å². The quantitative estimate of drug-likeness (QED) is 0.0261. The van der Waals surface area contributed by atoms with Crippen LogP contribution in [-0.4, -0.2) is 37.2 Å². The maximum Gasteiger partial charge on any atom is 0.306 e. The fraction of sp³-hybridized carbons (Fsp3) is 0.767. The normalized spacial score (nSPS) is 12.6. The maximum absolute atomic E-state index is 12.9. The lowest BCUT2D eigenvalue weighted by molar-refractivity contribution is -0.167. The van der Waals surface area contributed by atoms with E-state index in [1.54, 1.807) is 0 Å². The number of carbonyl (C=O) groups excluding carboxylic acids is 3. The second-order valence-corrected chi connectivity index (χ2v) is 22.7. The van der Waals surface area contributed by atoms with E-state index in [1.807, 2.05) is 0 Å². The third-order valence-corrected chi connectivity index (χ3v) is 14.8. The fourth-order valence-corrected chi connectivity index (χ4v) is 9.69. The zero-order valence-corrected chi connectivity index (χ0v) is 52.4. The minimum absolute atomic E-state index is 0.0840. The molecule has 79 heavy (non-hydrogen) atoms. The van der Waals surface area contributed by atoms with Crippen molar-refractivity contribution >= 4 is 17.9 Å². The minimum Gasteiger partial charge on any atom is -0.462 e. The lowest BCUT2D eigenvalue weighted by atomic mass is 10.0. The first-order chi connectivity index (χ1) is 39.0. The van der Waals surface area contributed by atoms with E-state index in [1.165, 1.54) is 199 Å². The van der Waals surface area contributed by atoms with Crippen LogP contribution in [0.4, 0.5) is 0 Å². The van der Waals surface area contributed by atoms with Gasteiger partial charge in [0.2, 0.25) is 0 Å². The van der Waals surface area contributed by atoms with Gasteiger partial charge in [0.05, 0.1) is 0 Å². The molecule has 0 aliphatic heterocycles. The van der Waals surface area contributed by atoms with E-state index >= 15 is 0 Å². The summed E-state index contributed by atoms with van der Waals surface area (Å²) in [6.45, 7) is 6.61. The van der Waals surface area contributed by atoms with Crippen molar-refractivity contribution in [1.29, 1.82) is 0 Å². The highest BCUT2D eigenvalue weighted by atomic mass is 16.6. The Kier molecular flexibility index (Phi) is 64.2. The molecule has 0 aromatic heterocycles. The summed E-state index contributed by atoms with van der Waals surface area (Å²) in [7, 11) is 0. The Hall–Kier alpha value is -3.41. The highest BCUT2D eigenvalue weighted by Crippen LogP contribution is 2.16. The average molecular weight is 1100 g/mol. The summed E-state index contributed by atoms with van der Waals surface area (Å²) in [5.74, 6) is -0.893. The molecule has 0 heterocycles. The Morgan fingerprint density at radius 1 is 0.253 bits per heavy atom. The van der Waals surface area contributed by atoms with Gasteiger partial charge in [-0.3, -0.25) is 14.4 Å². The summed E-state index contributed by atoms with van der Waals surface area (Å²) in [6.07, 6.45) is 88.8. The van der Waals surface area contributed by atoms with Gasteiger partial charge >= 0.3 is 17.9 Å². The van der Waals surface area contributed by atoms with Gasteiger partial charge in [0.1, 0.15) is 13.2 Å². The van der Waals surface area contributed by atoms with Gasteiger partial charge in [-0.15, -0.1) is 0 Å². The summed E-state index contributed by atoms with van der Waals surface area (Å²) >= 11 is 0. The van der Waals surface area contributed by atoms with Gasteiger partial charge in [-0.05, 0) is 122 Å². The highest BCUT2D eigenvalue weighted by molar-refractivity contribution is 5.71. The Labute approximate surface area is 490 Å². The average Bonchev–Trinajstić information content (AvgIpc) is 3.45. The maximum atomic E-state index is 12.9. The van der Waals surface area contributed by atoms with Crippen LogP contribution in [-0.2, 0) is 28.6 Å². The van der Waals surface area contributed by atoms with Crippen LogP contribution < -0.4 is 0 Å². The summed E-state index contributed by atoms with van der Waals surface area (Å²) in [5.41, 5.74) is 0. The summed E-state index contributed by atoms with van der Waals surface area (Å²) in [6, 6.07) is 0. The van der Waals surface area contributed by atoms with Crippen molar-refractivity contribution in [3.8, 4) is 0 Å². The molecule has 0 fully saturated rings. The molecule has 456 valence electrons. The molecule has 0 radical (unpaired) electrons. The van der Waals surface area contributed by atoms with Crippen LogP contribution in [0.1, 0.15) is 342 Å². The van der Waals surface area contributed by atoms with E-state index < -0.39 is 6.10 Å². The van der Waals surface area contributed by atoms with Gasteiger partial charge in [-0.1, -0.05) is 286 Å². The number of ether oxygens (including phenoxy) is 3. The SMILES string of the molecule is CCCCCC/C=C\C/C=C\CCCCCCCCCC(=O)OC(COC(=O)CCCCCCC/C=C\C/C=C\CCCCCC)COC(=O)CCCCCCCCCCCCCC/C=C\C/C=C\C/C=C\CCCCCCC. The lowest BCUT2D eigenvalue weighted by Crippen LogP contribution is -2.30. The summed E-state index contributed by atoms with van der Waals surface area (Å²) < 4.78 is 17.0. The Morgan fingerprint density at radius 2 is 0.456 bits per heavy atom. The van der Waals surface area contributed by atoms with E-state index in [0.717, 1.165) is 103 Å². The van der Waals surface area contributed by atoms with Crippen LogP contribution in [0.15, 0.2) is 85.1 Å². The Balaban J connectivity index is 4.33. The summed E-state index contributed by atoms with van der Waals surface area (Å²) in [4.78, 5) is 38.4. The van der Waals surface area contributed by atoms with Crippen LogP contribution in [0.2, 0.25) is 0 Å². The van der Waals surface area contributed by atoms with Gasteiger partial charge in [0.25, 0.3) is 0 Å². The lowest BCUT2D eigenvalue weighted by Gasteiger charge is -2.18. The number of unbranched alkanes of at least 4 members (excludes halogenated alkanes) is 37. The van der Waals surface area contributed by atoms with E-state index in [4.69, 9.17) is 14.2 Å². The van der Waals surface area contributed by atoms with E-state index in [0.29, 0.717) is 19.3 Å². The fourth-order valence-electron chi connectivity index (χ4n) is 9.69. The molecule has 0 amide bonds. The molecule has 0 aliphatic rings. The number of esters is 3. The van der Waals surface area contributed by atoms with Gasteiger partial charge in [0, 0.05) is 19.3 Å². The second-order valence-electron chi connectivity index (χ2n) is 22.7. The van der Waals surface area contributed by atoms with Gasteiger partial charge in [-0.2, -0.15) is 0 Å². The van der Waals surface area contributed by atoms with Crippen LogP contribution in [0.5, 0.6) is 0 Å². The van der Waals surface area contributed by atoms with Crippen LogP contribution in [0.3, 0.4) is 0 Å². The third kappa shape index (κ3) is 65.3. The van der Waals surface area contributed by atoms with E-state index in [9.17, 15) is 14.4 Å². The smallest absolute Gasteiger partial charge is 0.306 e. The van der Waals surface area contributed by atoms with Crippen LogP contribution >= 0.6 is 0 Å². The molecule has 0 rings (SSSR count). The van der Waals surface area contributed by atoms with E-state index in [2.05, 4.69) is 106 Å². The molecular formula is C73H128O6. The molecule has 0 saturated carbocycles. The molecule has 0 N–H and O–H groups in total. The topological polar surface area (TPSA) is 78.9 Å². The number of carbonyl (C=O) groups is 3. The first-order valence-electron chi connectivity index (χ1n) is 34.1. The van der Waals surface area contributed by atoms with Crippen molar-refractivity contribution in [3.63, 3.8) is 0 Å². The zero-order chi connectivity index (χ0) is 57.1. The van der Waals surface area contributed by atoms with Crippen molar-refractivity contribution < 1.29 is 28.6 Å². The van der Waals surface area contributed by atoms with Gasteiger partial charge in [-0.25, -0.2) is 0 Å². The third-order valence-electron chi connectivity index (χ3n) is 14.8. The van der Waals surface area contributed by atoms with Crippen molar-refractivity contribution in [2.24, 2.45) is 0 Å². The largest absolute Gasteiger partial charge is 0.462 e. The molecule has 1 unspecified atom stereocenters. The molecule has 6 nitrogen and oxygen atoms in total. The van der Waals surface area contributed by atoms with Gasteiger partial charge in [0.15, 0.2) is 6.10 Å². The molecule has 1 atom stereocenters. The zero-order valence-electron chi connectivity index (χ0n) is 52.4. The number of rotatable bonds is 62. The first-order valence-corrected chi connectivity index (χ1v) is 34.1. The summed E-state index contributed by atoms with van der Waals surface area (Å²) in [5, 5.41) is 0. The van der Waals surface area contributed by atoms with Crippen molar-refractivity contribution in [1.82, 2.24) is 0 Å². The molecule has 0 spiro atoms. The number of allylic oxidation sites excluding steroid dienone is 14. The monoisotopic (exact) mass is 1100 g/mol. The van der Waals surface area contributed by atoms with Crippen molar-refractivity contribution in [3.05, 3.63) is 85.1 Å². The van der Waals surface area contributed by atoms with E-state index in [-0.39, 0.29) is 31.1 Å². The number of hydrogen-bond acceptors (Lipinski definition) is 6. The Bertz CT molecular complexity index is 1500. The molecule has 0 aliphatic carbocycles. The molecule has 0 aromatic rings. The standard InChI is InChI=1S/C73H128O6/c1-4-7-10-13-16-19-22-25-28-31-33-34-35-36-37-38-39-40-41-43-45-48-51-54-57-60-63-66-72(75)78-69-70(68-77-71(74)65-62-59-56-53-50-47-44-30-27-24-21-18-15-12-9-6-3)79-73(76)67-64-61-58-55-52-49-46-42-32-29-26-23-20-17-14-11-8-5-2/h20-25,29-33,35-36,44,70H,4-19,26-28,34,37-43,45-69H2,1-3H3/b23-20-,24-21-,25-22-,32-29-,33-31-,36-35-,44-30-. The van der Waals surface area contributed by atoms with Crippen LogP contribution in [0.25, 0.3) is 0 Å². The predicted octanol–water partition coefficient (Wildman–Crippen LogP) is 23.4. The van der Waals surface area contributed by atoms with Crippen molar-refractivity contribution in [2.45, 2.75) is 348 Å². The predicted molar refractivity (Wildman–Crippen MR) is 344 cm³/mol. The number of hydrogen-bond donors (Lipinski definition) is 0. The molecule has 0 saturated heterocycles. The molecule has 0 bridgehead atoms. The second kappa shape index (κ2) is 67.1.